The van der Waals surface area contributed by atoms with Crippen molar-refractivity contribution in [1.82, 2.24) is 4.90 Å². The van der Waals surface area contributed by atoms with Crippen LogP contribution >= 0.6 is 11.8 Å². The second kappa shape index (κ2) is 5.96. The summed E-state index contributed by atoms with van der Waals surface area (Å²) in [6.45, 7) is 2.95. The molecular weight excluding hydrogens is 226 g/mol. The summed E-state index contributed by atoms with van der Waals surface area (Å²) in [6.07, 6.45) is 2.06. The molecule has 0 aliphatic carbocycles. The quantitative estimate of drug-likeness (QED) is 0.831. The van der Waals surface area contributed by atoms with Crippen LogP contribution in [0, 0.1) is 0 Å². The Kier molecular flexibility index (Phi) is 4.89. The van der Waals surface area contributed by atoms with E-state index in [2.05, 4.69) is 11.2 Å². The van der Waals surface area contributed by atoms with Gasteiger partial charge in [-0.2, -0.15) is 11.8 Å². The predicted molar refractivity (Wildman–Crippen MR) is 65.1 cm³/mol. The van der Waals surface area contributed by atoms with Gasteiger partial charge in [0.05, 0.1) is 6.04 Å². The number of rotatable bonds is 6. The minimum Gasteiger partial charge on any atom is -0.475 e. The maximum Gasteiger partial charge on any atom is 0.371 e. The highest BCUT2D eigenvalue weighted by atomic mass is 32.2. The molecule has 0 radical (unpaired) electrons. The molecule has 90 valence electrons. The van der Waals surface area contributed by atoms with E-state index in [0.717, 1.165) is 12.3 Å². The molecule has 1 aromatic rings. The number of thioether (sulfide) groups is 1. The van der Waals surface area contributed by atoms with Crippen LogP contribution in [0.25, 0.3) is 0 Å². The van der Waals surface area contributed by atoms with E-state index in [1.54, 1.807) is 17.8 Å². The Morgan fingerprint density at radius 2 is 2.31 bits per heavy atom. The van der Waals surface area contributed by atoms with Crippen LogP contribution in [0.15, 0.2) is 16.5 Å². The van der Waals surface area contributed by atoms with E-state index < -0.39 is 5.97 Å². The van der Waals surface area contributed by atoms with E-state index in [1.165, 1.54) is 6.07 Å². The molecule has 0 aromatic carbocycles. The first-order chi connectivity index (χ1) is 7.56. The van der Waals surface area contributed by atoms with Gasteiger partial charge in [0.15, 0.2) is 0 Å². The van der Waals surface area contributed by atoms with Gasteiger partial charge in [-0.3, -0.25) is 4.90 Å². The number of aromatic carboxylic acids is 1. The van der Waals surface area contributed by atoms with Crippen molar-refractivity contribution in [1.29, 1.82) is 0 Å². The first-order valence-electron chi connectivity index (χ1n) is 5.08. The van der Waals surface area contributed by atoms with Crippen LogP contribution in [-0.4, -0.2) is 41.6 Å². The van der Waals surface area contributed by atoms with Crippen LogP contribution in [0.3, 0.4) is 0 Å². The van der Waals surface area contributed by atoms with E-state index >= 15 is 0 Å². The smallest absolute Gasteiger partial charge is 0.371 e. The van der Waals surface area contributed by atoms with Crippen molar-refractivity contribution < 1.29 is 14.3 Å². The van der Waals surface area contributed by atoms with Gasteiger partial charge in [-0.15, -0.1) is 0 Å². The predicted octanol–water partition coefficient (Wildman–Crippen LogP) is 2.33. The first-order valence-corrected chi connectivity index (χ1v) is 6.48. The van der Waals surface area contributed by atoms with Crippen molar-refractivity contribution in [2.24, 2.45) is 0 Å². The van der Waals surface area contributed by atoms with Gasteiger partial charge in [0.1, 0.15) is 5.76 Å². The molecule has 1 atom stereocenters. The zero-order valence-corrected chi connectivity index (χ0v) is 10.6. The zero-order chi connectivity index (χ0) is 12.1. The monoisotopic (exact) mass is 243 g/mol. The molecule has 0 spiro atoms. The number of carbonyl (C=O) groups is 1. The van der Waals surface area contributed by atoms with Gasteiger partial charge < -0.3 is 9.52 Å². The molecule has 1 aromatic heterocycles. The third-order valence-electron chi connectivity index (χ3n) is 2.56. The van der Waals surface area contributed by atoms with Gasteiger partial charge in [-0.05, 0) is 32.4 Å². The maximum absolute atomic E-state index is 10.7. The summed E-state index contributed by atoms with van der Waals surface area (Å²) in [5.41, 5.74) is 0. The second-order valence-corrected chi connectivity index (χ2v) is 4.64. The Labute approximate surface area is 99.6 Å². The summed E-state index contributed by atoms with van der Waals surface area (Å²) < 4.78 is 5.26. The molecule has 0 aliphatic heterocycles. The number of furan rings is 1. The van der Waals surface area contributed by atoms with Crippen LogP contribution in [0.4, 0.5) is 0 Å². The molecular formula is C11H17NO3S. The third-order valence-corrected chi connectivity index (χ3v) is 3.15. The van der Waals surface area contributed by atoms with Crippen LogP contribution in [0.2, 0.25) is 0 Å². The minimum absolute atomic E-state index is 0.000108. The summed E-state index contributed by atoms with van der Waals surface area (Å²) in [5.74, 6) is 0.721. The van der Waals surface area contributed by atoms with Crippen LogP contribution in [-0.2, 0) is 0 Å². The fourth-order valence-electron chi connectivity index (χ4n) is 1.34. The van der Waals surface area contributed by atoms with Crippen molar-refractivity contribution in [3.63, 3.8) is 0 Å². The lowest BCUT2D eigenvalue weighted by molar-refractivity contribution is 0.0657. The van der Waals surface area contributed by atoms with E-state index in [1.807, 2.05) is 14.0 Å². The topological polar surface area (TPSA) is 53.7 Å². The van der Waals surface area contributed by atoms with Crippen molar-refractivity contribution in [2.45, 2.75) is 13.0 Å². The Morgan fingerprint density at radius 3 is 2.81 bits per heavy atom. The van der Waals surface area contributed by atoms with Crippen LogP contribution < -0.4 is 0 Å². The highest BCUT2D eigenvalue weighted by molar-refractivity contribution is 7.98. The Hall–Kier alpha value is -0.940. The molecule has 1 heterocycles. The van der Waals surface area contributed by atoms with Gasteiger partial charge in [0, 0.05) is 12.3 Å². The lowest BCUT2D eigenvalue weighted by Gasteiger charge is -2.22. The Morgan fingerprint density at radius 1 is 1.62 bits per heavy atom. The summed E-state index contributed by atoms with van der Waals surface area (Å²) in [7, 11) is 2.00. The normalized spacial score (nSPS) is 13.0. The van der Waals surface area contributed by atoms with Gasteiger partial charge >= 0.3 is 5.97 Å². The van der Waals surface area contributed by atoms with E-state index in [0.29, 0.717) is 5.76 Å². The molecule has 1 N–H and O–H groups in total. The molecule has 0 saturated carbocycles. The molecule has 5 heteroatoms. The average molecular weight is 243 g/mol. The molecule has 0 aliphatic rings. The molecule has 1 rings (SSSR count). The van der Waals surface area contributed by atoms with Crippen molar-refractivity contribution in [3.8, 4) is 0 Å². The van der Waals surface area contributed by atoms with Crippen LogP contribution in [0.1, 0.15) is 29.3 Å². The molecule has 0 bridgehead atoms. The fourth-order valence-corrected chi connectivity index (χ4v) is 1.81. The average Bonchev–Trinajstić information content (AvgIpc) is 2.74. The van der Waals surface area contributed by atoms with Crippen LogP contribution in [0.5, 0.6) is 0 Å². The second-order valence-electron chi connectivity index (χ2n) is 3.66. The van der Waals surface area contributed by atoms with Crippen molar-refractivity contribution in [2.75, 3.05) is 25.6 Å². The van der Waals surface area contributed by atoms with Gasteiger partial charge in [-0.1, -0.05) is 0 Å². The molecule has 1 unspecified atom stereocenters. The van der Waals surface area contributed by atoms with E-state index in [-0.39, 0.29) is 11.8 Å². The first kappa shape index (κ1) is 13.1. The molecule has 0 amide bonds. The van der Waals surface area contributed by atoms with E-state index in [9.17, 15) is 4.79 Å². The summed E-state index contributed by atoms with van der Waals surface area (Å²) in [4.78, 5) is 12.8. The molecule has 16 heavy (non-hydrogen) atoms. The van der Waals surface area contributed by atoms with E-state index in [4.69, 9.17) is 9.52 Å². The summed E-state index contributed by atoms with van der Waals surface area (Å²) >= 11 is 1.79. The number of hydrogen-bond donors (Lipinski definition) is 1. The maximum atomic E-state index is 10.7. The van der Waals surface area contributed by atoms with Crippen molar-refractivity contribution >= 4 is 17.7 Å². The lowest BCUT2D eigenvalue weighted by Crippen LogP contribution is -2.24. The van der Waals surface area contributed by atoms with Gasteiger partial charge in [0.2, 0.25) is 5.76 Å². The molecule has 4 nitrogen and oxygen atoms in total. The number of nitrogens with zero attached hydrogens (tertiary/aromatic N) is 1. The number of carboxylic acids is 1. The van der Waals surface area contributed by atoms with Gasteiger partial charge in [0.25, 0.3) is 0 Å². The van der Waals surface area contributed by atoms with Gasteiger partial charge in [-0.25, -0.2) is 4.79 Å². The largest absolute Gasteiger partial charge is 0.475 e. The summed E-state index contributed by atoms with van der Waals surface area (Å²) in [5, 5.41) is 8.75. The Balaban J connectivity index is 2.64. The standard InChI is InChI=1S/C11H17NO3S/c1-8(12(2)6-7-16-3)9-4-5-10(15-9)11(13)14/h4-5,8H,6-7H2,1-3H3,(H,13,14). The Bertz CT molecular complexity index is 351. The van der Waals surface area contributed by atoms with Crippen molar-refractivity contribution in [3.05, 3.63) is 23.7 Å². The lowest BCUT2D eigenvalue weighted by atomic mass is 10.2. The highest BCUT2D eigenvalue weighted by Crippen LogP contribution is 2.21. The molecule has 0 saturated heterocycles. The number of hydrogen-bond acceptors (Lipinski definition) is 4. The SMILES string of the molecule is CSCCN(C)C(C)c1ccc(C(=O)O)o1. The highest BCUT2D eigenvalue weighted by Gasteiger charge is 2.17. The zero-order valence-electron chi connectivity index (χ0n) is 9.77. The summed E-state index contributed by atoms with van der Waals surface area (Å²) in [6, 6.07) is 3.32. The minimum atomic E-state index is -1.02. The fraction of sp³-hybridized carbons (Fsp3) is 0.545. The third kappa shape index (κ3) is 3.28. The molecule has 0 fully saturated rings. The number of carboxylic acid groups (broad SMARTS) is 1.